The number of hydrogen-bond donors (Lipinski definition) is 5. The number of nitrogens with one attached hydrogen (secondary N) is 2. The molecule has 0 aliphatic heterocycles. The Kier molecular flexibility index (Phi) is 9.50. The Hall–Kier alpha value is -3.40. The van der Waals surface area contributed by atoms with E-state index in [-0.39, 0.29) is 6.42 Å². The molecule has 10 heteroatoms. The standard InChI is InChI=1S/C11H17N3O4.C9H11NO2/c1-11(2,3)18-10(17)14-8(9(15)16)4-7-5-12-6-13-7;10-8(9(11)12)6-7-4-2-1-3-5-7/h5-6,8H,4H2,1-3H3,(H,12,13)(H,14,17)(H,15,16);1-5,8H,6,10H2,(H,11,12). The van der Waals surface area contributed by atoms with Gasteiger partial charge in [-0.3, -0.25) is 4.79 Å². The lowest BCUT2D eigenvalue weighted by Gasteiger charge is -2.21. The summed E-state index contributed by atoms with van der Waals surface area (Å²) in [6, 6.07) is 7.49. The van der Waals surface area contributed by atoms with Crippen LogP contribution >= 0.6 is 0 Å². The predicted molar refractivity (Wildman–Crippen MR) is 109 cm³/mol. The van der Waals surface area contributed by atoms with Crippen molar-refractivity contribution >= 4 is 18.0 Å². The van der Waals surface area contributed by atoms with Crippen LogP contribution in [-0.2, 0) is 27.2 Å². The minimum atomic E-state index is -1.13. The predicted octanol–water partition coefficient (Wildman–Crippen LogP) is 1.57. The number of carboxylic acids is 2. The van der Waals surface area contributed by atoms with E-state index in [1.54, 1.807) is 20.8 Å². The highest BCUT2D eigenvalue weighted by Crippen LogP contribution is 2.07. The number of aromatic nitrogens is 2. The lowest BCUT2D eigenvalue weighted by atomic mass is 10.1. The molecule has 0 aliphatic rings. The summed E-state index contributed by atoms with van der Waals surface area (Å²) in [5.41, 5.74) is 6.26. The van der Waals surface area contributed by atoms with Crippen LogP contribution in [0.2, 0.25) is 0 Å². The van der Waals surface area contributed by atoms with Gasteiger partial charge < -0.3 is 31.0 Å². The van der Waals surface area contributed by atoms with Crippen molar-refractivity contribution in [1.29, 1.82) is 0 Å². The van der Waals surface area contributed by atoms with Crippen molar-refractivity contribution in [2.75, 3.05) is 0 Å². The molecule has 0 aliphatic carbocycles. The van der Waals surface area contributed by atoms with Gasteiger partial charge in [-0.1, -0.05) is 30.3 Å². The highest BCUT2D eigenvalue weighted by Gasteiger charge is 2.24. The fraction of sp³-hybridized carbons (Fsp3) is 0.400. The quantitative estimate of drug-likeness (QED) is 0.450. The molecule has 0 saturated carbocycles. The molecule has 10 nitrogen and oxygen atoms in total. The van der Waals surface area contributed by atoms with Crippen LogP contribution in [0.25, 0.3) is 0 Å². The lowest BCUT2D eigenvalue weighted by molar-refractivity contribution is -0.140. The molecule has 0 radical (unpaired) electrons. The van der Waals surface area contributed by atoms with Gasteiger partial charge in [0.2, 0.25) is 0 Å². The van der Waals surface area contributed by atoms with Gasteiger partial charge in [-0.25, -0.2) is 14.6 Å². The van der Waals surface area contributed by atoms with Crippen LogP contribution in [0.3, 0.4) is 0 Å². The Morgan fingerprint density at radius 1 is 1.13 bits per heavy atom. The van der Waals surface area contributed by atoms with Crippen LogP contribution in [-0.4, -0.2) is 55.9 Å². The van der Waals surface area contributed by atoms with E-state index in [0.717, 1.165) is 5.56 Å². The zero-order valence-electron chi connectivity index (χ0n) is 17.2. The van der Waals surface area contributed by atoms with Gasteiger partial charge in [-0.05, 0) is 32.8 Å². The molecule has 2 atom stereocenters. The van der Waals surface area contributed by atoms with Crippen LogP contribution in [0.4, 0.5) is 4.79 Å². The number of benzene rings is 1. The number of carbonyl (C=O) groups excluding carboxylic acids is 1. The van der Waals surface area contributed by atoms with E-state index >= 15 is 0 Å². The summed E-state index contributed by atoms with van der Waals surface area (Å²) in [5.74, 6) is -2.09. The summed E-state index contributed by atoms with van der Waals surface area (Å²) >= 11 is 0. The Balaban J connectivity index is 0.000000325. The zero-order chi connectivity index (χ0) is 22.7. The maximum atomic E-state index is 11.5. The van der Waals surface area contributed by atoms with Crippen molar-refractivity contribution in [3.05, 3.63) is 54.1 Å². The third-order valence-electron chi connectivity index (χ3n) is 3.58. The molecule has 1 amide bonds. The first-order chi connectivity index (χ1) is 14.0. The van der Waals surface area contributed by atoms with Crippen LogP contribution in [0.1, 0.15) is 32.0 Å². The SMILES string of the molecule is CC(C)(C)OC(=O)NC(Cc1cnc[nH]1)C(=O)O.NC(Cc1ccccc1)C(=O)O. The van der Waals surface area contributed by atoms with Crippen molar-refractivity contribution in [2.45, 2.75) is 51.3 Å². The average molecular weight is 420 g/mol. The normalized spacial score (nSPS) is 12.7. The topological polar surface area (TPSA) is 168 Å². The van der Waals surface area contributed by atoms with E-state index in [1.165, 1.54) is 12.5 Å². The first-order valence-corrected chi connectivity index (χ1v) is 9.20. The smallest absolute Gasteiger partial charge is 0.408 e. The maximum Gasteiger partial charge on any atom is 0.408 e. The number of imidazole rings is 1. The van der Waals surface area contributed by atoms with Gasteiger partial charge in [0.05, 0.1) is 6.33 Å². The van der Waals surface area contributed by atoms with E-state index < -0.39 is 35.7 Å². The molecule has 2 unspecified atom stereocenters. The molecule has 0 fully saturated rings. The van der Waals surface area contributed by atoms with Crippen LogP contribution in [0.5, 0.6) is 0 Å². The van der Waals surface area contributed by atoms with Crippen molar-refractivity contribution in [3.8, 4) is 0 Å². The van der Waals surface area contributed by atoms with E-state index in [0.29, 0.717) is 12.1 Å². The molecular formula is C20H28N4O6. The number of carbonyl (C=O) groups is 3. The van der Waals surface area contributed by atoms with Crippen LogP contribution in [0, 0.1) is 0 Å². The van der Waals surface area contributed by atoms with Crippen molar-refractivity contribution in [1.82, 2.24) is 15.3 Å². The van der Waals surface area contributed by atoms with Gasteiger partial charge in [0.25, 0.3) is 0 Å². The summed E-state index contributed by atoms with van der Waals surface area (Å²) in [7, 11) is 0. The number of carboxylic acid groups (broad SMARTS) is 2. The van der Waals surface area contributed by atoms with E-state index in [9.17, 15) is 14.4 Å². The number of amides is 1. The van der Waals surface area contributed by atoms with E-state index in [4.69, 9.17) is 20.7 Å². The molecule has 2 aromatic rings. The summed E-state index contributed by atoms with van der Waals surface area (Å²) in [6.07, 6.45) is 2.70. The Bertz CT molecular complexity index is 802. The van der Waals surface area contributed by atoms with Crippen LogP contribution < -0.4 is 11.1 Å². The highest BCUT2D eigenvalue weighted by molar-refractivity contribution is 5.80. The Morgan fingerprint density at radius 2 is 1.77 bits per heavy atom. The Labute approximate surface area is 174 Å². The Morgan fingerprint density at radius 3 is 2.23 bits per heavy atom. The number of aliphatic carboxylic acids is 2. The summed E-state index contributed by atoms with van der Waals surface area (Å²) < 4.78 is 5.00. The number of ether oxygens (including phenoxy) is 1. The molecule has 0 spiro atoms. The molecule has 2 rings (SSSR count). The summed E-state index contributed by atoms with van der Waals surface area (Å²) in [6.45, 7) is 5.12. The zero-order valence-corrected chi connectivity index (χ0v) is 17.2. The minimum Gasteiger partial charge on any atom is -0.480 e. The van der Waals surface area contributed by atoms with Gasteiger partial charge in [-0.2, -0.15) is 0 Å². The molecule has 0 bridgehead atoms. The number of H-pyrrole nitrogens is 1. The molecule has 1 aromatic heterocycles. The minimum absolute atomic E-state index is 0.120. The third kappa shape index (κ3) is 10.2. The fourth-order valence-electron chi connectivity index (χ4n) is 2.22. The van der Waals surface area contributed by atoms with Gasteiger partial charge in [0.1, 0.15) is 17.7 Å². The van der Waals surface area contributed by atoms with E-state index in [2.05, 4.69) is 15.3 Å². The molecule has 30 heavy (non-hydrogen) atoms. The number of alkyl carbamates (subject to hydrolysis) is 1. The molecule has 6 N–H and O–H groups in total. The number of nitrogens with two attached hydrogens (primary N) is 1. The van der Waals surface area contributed by atoms with Crippen molar-refractivity contribution in [3.63, 3.8) is 0 Å². The second-order valence-electron chi connectivity index (χ2n) is 7.45. The molecule has 0 saturated heterocycles. The second kappa shape index (κ2) is 11.6. The summed E-state index contributed by atoms with van der Waals surface area (Å²) in [4.78, 5) is 39.4. The fourth-order valence-corrected chi connectivity index (χ4v) is 2.22. The monoisotopic (exact) mass is 420 g/mol. The van der Waals surface area contributed by atoms with Gasteiger partial charge in [0, 0.05) is 18.3 Å². The highest BCUT2D eigenvalue weighted by atomic mass is 16.6. The lowest BCUT2D eigenvalue weighted by Crippen LogP contribution is -2.44. The molecule has 164 valence electrons. The number of nitrogens with zero attached hydrogens (tertiary/aromatic N) is 1. The molecule has 1 aromatic carbocycles. The molecular weight excluding hydrogens is 392 g/mol. The van der Waals surface area contributed by atoms with E-state index in [1.807, 2.05) is 30.3 Å². The number of aromatic amines is 1. The number of hydrogen-bond acceptors (Lipinski definition) is 6. The maximum absolute atomic E-state index is 11.5. The average Bonchev–Trinajstić information content (AvgIpc) is 3.14. The van der Waals surface area contributed by atoms with Crippen LogP contribution in [0.15, 0.2) is 42.9 Å². The van der Waals surface area contributed by atoms with Crippen molar-refractivity contribution in [2.24, 2.45) is 5.73 Å². The third-order valence-corrected chi connectivity index (χ3v) is 3.58. The van der Waals surface area contributed by atoms with Gasteiger partial charge >= 0.3 is 18.0 Å². The largest absolute Gasteiger partial charge is 0.480 e. The first-order valence-electron chi connectivity index (χ1n) is 9.20. The van der Waals surface area contributed by atoms with Crippen molar-refractivity contribution < 1.29 is 29.3 Å². The second-order valence-corrected chi connectivity index (χ2v) is 7.45. The number of rotatable bonds is 7. The summed E-state index contributed by atoms with van der Waals surface area (Å²) in [5, 5.41) is 19.8. The van der Waals surface area contributed by atoms with Gasteiger partial charge in [-0.15, -0.1) is 0 Å². The van der Waals surface area contributed by atoms with Gasteiger partial charge in [0.15, 0.2) is 0 Å². The first kappa shape index (κ1) is 24.6. The molecule has 1 heterocycles.